The second-order valence-corrected chi connectivity index (χ2v) is 8.06. The van der Waals surface area contributed by atoms with Crippen molar-refractivity contribution in [3.63, 3.8) is 0 Å². The monoisotopic (exact) mass is 410 g/mol. The molecule has 2 aromatic rings. The molecule has 2 amide bonds. The zero-order valence-electron chi connectivity index (χ0n) is 18.4. The highest BCUT2D eigenvalue weighted by Crippen LogP contribution is 2.16. The number of amides is 2. The molecule has 0 aliphatic heterocycles. The van der Waals surface area contributed by atoms with Gasteiger partial charge in [0.15, 0.2) is 0 Å². The van der Waals surface area contributed by atoms with Crippen LogP contribution in [0.4, 0.5) is 22.7 Å². The maximum atomic E-state index is 12.1. The maximum Gasteiger partial charge on any atom is 0.224 e. The Balaban J connectivity index is 1.64. The van der Waals surface area contributed by atoms with Crippen molar-refractivity contribution in [3.05, 3.63) is 48.5 Å². The molecule has 0 atom stereocenters. The third-order valence-electron chi connectivity index (χ3n) is 4.31. The van der Waals surface area contributed by atoms with Crippen molar-refractivity contribution >= 4 is 34.6 Å². The van der Waals surface area contributed by atoms with Crippen LogP contribution in [-0.2, 0) is 9.59 Å². The van der Waals surface area contributed by atoms with Gasteiger partial charge in [-0.25, -0.2) is 0 Å². The number of unbranched alkanes of at least 4 members (excludes halogenated alkanes) is 1. The molecule has 0 aromatic heterocycles. The number of carbonyl (C=O) groups is 2. The van der Waals surface area contributed by atoms with Gasteiger partial charge in [0, 0.05) is 47.7 Å². The molecule has 0 saturated heterocycles. The quantitative estimate of drug-likeness (QED) is 0.371. The van der Waals surface area contributed by atoms with E-state index in [0.29, 0.717) is 37.8 Å². The first-order valence-corrected chi connectivity index (χ1v) is 10.6. The van der Waals surface area contributed by atoms with E-state index in [1.54, 1.807) is 0 Å². The van der Waals surface area contributed by atoms with Crippen LogP contribution in [0.5, 0.6) is 0 Å². The number of benzene rings is 2. The van der Waals surface area contributed by atoms with Crippen LogP contribution in [0.1, 0.15) is 53.4 Å². The summed E-state index contributed by atoms with van der Waals surface area (Å²) in [5.74, 6) is -0.0681. The lowest BCUT2D eigenvalue weighted by Crippen LogP contribution is -2.14. The van der Waals surface area contributed by atoms with Crippen LogP contribution in [0, 0.1) is 0 Å². The van der Waals surface area contributed by atoms with Crippen molar-refractivity contribution in [3.8, 4) is 0 Å². The molecule has 0 radical (unpaired) electrons. The lowest BCUT2D eigenvalue weighted by molar-refractivity contribution is -0.118. The van der Waals surface area contributed by atoms with E-state index in [9.17, 15) is 9.59 Å². The molecule has 0 bridgehead atoms. The van der Waals surface area contributed by atoms with E-state index >= 15 is 0 Å². The van der Waals surface area contributed by atoms with Gasteiger partial charge in [-0.1, -0.05) is 0 Å². The van der Waals surface area contributed by atoms with Crippen molar-refractivity contribution in [1.29, 1.82) is 0 Å². The van der Waals surface area contributed by atoms with E-state index in [-0.39, 0.29) is 11.8 Å². The summed E-state index contributed by atoms with van der Waals surface area (Å²) in [6.07, 6.45) is 2.14. The summed E-state index contributed by atoms with van der Waals surface area (Å²) in [6, 6.07) is 16.1. The van der Waals surface area contributed by atoms with E-state index in [4.69, 9.17) is 0 Å². The number of carbonyl (C=O) groups excluding carboxylic acids is 2. The lowest BCUT2D eigenvalue weighted by atomic mass is 10.1. The Morgan fingerprint density at radius 2 is 0.900 bits per heavy atom. The number of hydrogen-bond donors (Lipinski definition) is 4. The number of nitrogens with one attached hydrogen (secondary N) is 4. The third kappa shape index (κ3) is 8.99. The predicted octanol–water partition coefficient (Wildman–Crippen LogP) is 5.46. The first kappa shape index (κ1) is 23.3. The average Bonchev–Trinajstić information content (AvgIpc) is 2.67. The molecule has 0 aliphatic carbocycles. The van der Waals surface area contributed by atoms with E-state index < -0.39 is 0 Å². The first-order chi connectivity index (χ1) is 14.3. The number of anilines is 4. The minimum Gasteiger partial charge on any atom is -0.383 e. The van der Waals surface area contributed by atoms with Crippen molar-refractivity contribution < 1.29 is 9.59 Å². The largest absolute Gasteiger partial charge is 0.383 e. The molecule has 30 heavy (non-hydrogen) atoms. The molecule has 2 aromatic carbocycles. The summed E-state index contributed by atoms with van der Waals surface area (Å²) >= 11 is 0. The topological polar surface area (TPSA) is 82.3 Å². The fourth-order valence-electron chi connectivity index (χ4n) is 2.98. The van der Waals surface area contributed by atoms with E-state index in [0.717, 1.165) is 22.7 Å². The SMILES string of the molecule is CC(C)Nc1ccc(NC(=O)CCCCC(=O)Nc2ccc(NC(C)C)cc2)cc1. The van der Waals surface area contributed by atoms with Gasteiger partial charge >= 0.3 is 0 Å². The van der Waals surface area contributed by atoms with Gasteiger partial charge in [0.2, 0.25) is 11.8 Å². The second-order valence-electron chi connectivity index (χ2n) is 8.06. The number of hydrogen-bond acceptors (Lipinski definition) is 4. The molecule has 162 valence electrons. The molecule has 0 spiro atoms. The maximum absolute atomic E-state index is 12.1. The Morgan fingerprint density at radius 1 is 0.600 bits per heavy atom. The third-order valence-corrected chi connectivity index (χ3v) is 4.31. The minimum absolute atomic E-state index is 0.0341. The molecular weight excluding hydrogens is 376 g/mol. The highest BCUT2D eigenvalue weighted by Gasteiger charge is 2.06. The predicted molar refractivity (Wildman–Crippen MR) is 126 cm³/mol. The Morgan fingerprint density at radius 3 is 1.20 bits per heavy atom. The van der Waals surface area contributed by atoms with Gasteiger partial charge in [0.1, 0.15) is 0 Å². The number of rotatable bonds is 11. The highest BCUT2D eigenvalue weighted by atomic mass is 16.2. The van der Waals surface area contributed by atoms with E-state index in [1.807, 2.05) is 48.5 Å². The standard InChI is InChI=1S/C24H34N4O2/c1-17(2)25-19-9-13-21(14-10-19)27-23(29)7-5-6-8-24(30)28-22-15-11-20(12-16-22)26-18(3)4/h9-18,25-26H,5-8H2,1-4H3,(H,27,29)(H,28,30). The Labute approximate surface area is 179 Å². The van der Waals surface area contributed by atoms with Gasteiger partial charge in [-0.15, -0.1) is 0 Å². The molecular formula is C24H34N4O2. The van der Waals surface area contributed by atoms with Gasteiger partial charge in [0.05, 0.1) is 0 Å². The van der Waals surface area contributed by atoms with Crippen LogP contribution in [0.2, 0.25) is 0 Å². The van der Waals surface area contributed by atoms with Gasteiger partial charge in [0.25, 0.3) is 0 Å². The zero-order chi connectivity index (χ0) is 21.9. The van der Waals surface area contributed by atoms with Gasteiger partial charge in [-0.2, -0.15) is 0 Å². The van der Waals surface area contributed by atoms with Crippen molar-refractivity contribution in [2.75, 3.05) is 21.3 Å². The molecule has 6 nitrogen and oxygen atoms in total. The lowest BCUT2D eigenvalue weighted by Gasteiger charge is -2.11. The van der Waals surface area contributed by atoms with Crippen LogP contribution >= 0.6 is 0 Å². The first-order valence-electron chi connectivity index (χ1n) is 10.6. The van der Waals surface area contributed by atoms with Crippen molar-refractivity contribution in [2.45, 2.75) is 65.5 Å². The Hall–Kier alpha value is -3.02. The van der Waals surface area contributed by atoms with Crippen LogP contribution in [0.15, 0.2) is 48.5 Å². The molecule has 0 fully saturated rings. The Bertz CT molecular complexity index is 729. The summed E-state index contributed by atoms with van der Waals surface area (Å²) in [4.78, 5) is 24.2. The summed E-state index contributed by atoms with van der Waals surface area (Å²) in [6.45, 7) is 8.32. The minimum atomic E-state index is -0.0341. The fraction of sp³-hybridized carbons (Fsp3) is 0.417. The molecule has 4 N–H and O–H groups in total. The molecule has 0 heterocycles. The average molecular weight is 411 g/mol. The molecule has 6 heteroatoms. The van der Waals surface area contributed by atoms with E-state index in [2.05, 4.69) is 49.0 Å². The van der Waals surface area contributed by atoms with E-state index in [1.165, 1.54) is 0 Å². The van der Waals surface area contributed by atoms with Crippen molar-refractivity contribution in [1.82, 2.24) is 0 Å². The van der Waals surface area contributed by atoms with Crippen LogP contribution < -0.4 is 21.3 Å². The van der Waals surface area contributed by atoms with Crippen LogP contribution in [0.3, 0.4) is 0 Å². The molecule has 0 saturated carbocycles. The van der Waals surface area contributed by atoms with Gasteiger partial charge in [-0.05, 0) is 89.1 Å². The van der Waals surface area contributed by atoms with Crippen LogP contribution in [0.25, 0.3) is 0 Å². The van der Waals surface area contributed by atoms with Crippen molar-refractivity contribution in [2.24, 2.45) is 0 Å². The zero-order valence-corrected chi connectivity index (χ0v) is 18.4. The summed E-state index contributed by atoms with van der Waals surface area (Å²) in [5.41, 5.74) is 3.62. The Kier molecular flexibility index (Phi) is 9.19. The van der Waals surface area contributed by atoms with Gasteiger partial charge in [-0.3, -0.25) is 9.59 Å². The smallest absolute Gasteiger partial charge is 0.224 e. The highest BCUT2D eigenvalue weighted by molar-refractivity contribution is 5.92. The normalized spacial score (nSPS) is 10.7. The summed E-state index contributed by atoms with van der Waals surface area (Å²) in [5, 5.41) is 12.4. The molecule has 0 unspecified atom stereocenters. The second kappa shape index (κ2) is 11.9. The summed E-state index contributed by atoms with van der Waals surface area (Å²) < 4.78 is 0. The molecule has 2 rings (SSSR count). The van der Waals surface area contributed by atoms with Crippen LogP contribution in [-0.4, -0.2) is 23.9 Å². The molecule has 0 aliphatic rings. The fourth-order valence-corrected chi connectivity index (χ4v) is 2.98. The summed E-state index contributed by atoms with van der Waals surface area (Å²) in [7, 11) is 0. The van der Waals surface area contributed by atoms with Gasteiger partial charge < -0.3 is 21.3 Å².